The molecule has 0 saturated carbocycles. The predicted molar refractivity (Wildman–Crippen MR) is 107 cm³/mol. The van der Waals surface area contributed by atoms with Crippen molar-refractivity contribution in [3.05, 3.63) is 22.6 Å². The van der Waals surface area contributed by atoms with E-state index in [0.717, 1.165) is 57.4 Å². The molecule has 4 fully saturated rings. The van der Waals surface area contributed by atoms with E-state index >= 15 is 0 Å². The minimum Gasteiger partial charge on any atom is -0.370 e. The van der Waals surface area contributed by atoms with Crippen LogP contribution in [0.3, 0.4) is 0 Å². The Morgan fingerprint density at radius 1 is 1.10 bits per heavy atom. The zero-order valence-corrected chi connectivity index (χ0v) is 16.8. The molecule has 5 heterocycles. The maximum atomic E-state index is 13.0. The Hall–Kier alpha value is -2.38. The van der Waals surface area contributed by atoms with E-state index in [1.165, 1.54) is 4.68 Å². The zero-order chi connectivity index (χ0) is 20.0. The van der Waals surface area contributed by atoms with Gasteiger partial charge in [0.25, 0.3) is 5.56 Å². The standard InChI is InChI=1S/C21H29N5O3/c27-19-5-3-4-18-16-8-15(12-25(18)19)11-24(13-16)21(29)14-26-20(28)9-17(10-22-26)23-6-1-2-7-23/h9-10,15-16,18H,1-8,11-14H2/t15?,16?,18-/m0/s1. The molecule has 4 aliphatic rings. The van der Waals surface area contributed by atoms with E-state index in [-0.39, 0.29) is 30.0 Å². The molecular weight excluding hydrogens is 370 g/mol. The number of hydrogen-bond donors (Lipinski definition) is 0. The van der Waals surface area contributed by atoms with Gasteiger partial charge in [-0.15, -0.1) is 0 Å². The van der Waals surface area contributed by atoms with Crippen molar-refractivity contribution in [2.75, 3.05) is 37.6 Å². The third-order valence-corrected chi connectivity index (χ3v) is 7.14. The molecule has 0 radical (unpaired) electrons. The van der Waals surface area contributed by atoms with Gasteiger partial charge in [-0.3, -0.25) is 14.4 Å². The van der Waals surface area contributed by atoms with Crippen LogP contribution in [-0.2, 0) is 16.1 Å². The molecule has 0 spiro atoms. The van der Waals surface area contributed by atoms with Crippen molar-refractivity contribution in [1.29, 1.82) is 0 Å². The topological polar surface area (TPSA) is 78.8 Å². The summed E-state index contributed by atoms with van der Waals surface area (Å²) >= 11 is 0. The van der Waals surface area contributed by atoms with Crippen LogP contribution in [0.25, 0.3) is 0 Å². The van der Waals surface area contributed by atoms with Crippen molar-refractivity contribution >= 4 is 17.5 Å². The lowest BCUT2D eigenvalue weighted by atomic mass is 9.76. The van der Waals surface area contributed by atoms with Crippen LogP contribution >= 0.6 is 0 Å². The Balaban J connectivity index is 1.26. The number of amides is 2. The number of likely N-dealkylation sites (tertiary alicyclic amines) is 1. The van der Waals surface area contributed by atoms with Gasteiger partial charge in [0.05, 0.1) is 11.9 Å². The second-order valence-corrected chi connectivity index (χ2v) is 9.07. The third-order valence-electron chi connectivity index (χ3n) is 7.14. The molecule has 3 atom stereocenters. The molecule has 2 bridgehead atoms. The first-order valence-electron chi connectivity index (χ1n) is 11.0. The smallest absolute Gasteiger partial charge is 0.269 e. The average Bonchev–Trinajstić information content (AvgIpc) is 3.25. The molecule has 5 rings (SSSR count). The van der Waals surface area contributed by atoms with Gasteiger partial charge in [0.15, 0.2) is 0 Å². The van der Waals surface area contributed by atoms with Gasteiger partial charge in [0.2, 0.25) is 11.8 Å². The van der Waals surface area contributed by atoms with E-state index in [4.69, 9.17) is 0 Å². The number of carbonyl (C=O) groups is 2. The van der Waals surface area contributed by atoms with Gasteiger partial charge in [-0.05, 0) is 43.9 Å². The molecule has 2 unspecified atom stereocenters. The maximum absolute atomic E-state index is 13.0. The molecule has 4 aliphatic heterocycles. The lowest BCUT2D eigenvalue weighted by molar-refractivity contribution is -0.149. The van der Waals surface area contributed by atoms with E-state index in [1.807, 2.05) is 4.90 Å². The molecular formula is C21H29N5O3. The number of aromatic nitrogens is 2. The Bertz CT molecular complexity index is 862. The third kappa shape index (κ3) is 3.53. The van der Waals surface area contributed by atoms with Crippen molar-refractivity contribution in [3.63, 3.8) is 0 Å². The number of hydrogen-bond acceptors (Lipinski definition) is 5. The summed E-state index contributed by atoms with van der Waals surface area (Å²) in [5, 5.41) is 4.27. The van der Waals surface area contributed by atoms with Gasteiger partial charge in [0.1, 0.15) is 6.54 Å². The highest BCUT2D eigenvalue weighted by Gasteiger charge is 2.44. The van der Waals surface area contributed by atoms with Crippen LogP contribution in [0.5, 0.6) is 0 Å². The van der Waals surface area contributed by atoms with Gasteiger partial charge >= 0.3 is 0 Å². The Morgan fingerprint density at radius 3 is 2.72 bits per heavy atom. The first kappa shape index (κ1) is 18.6. The van der Waals surface area contributed by atoms with Crippen LogP contribution in [0.4, 0.5) is 5.69 Å². The molecule has 156 valence electrons. The van der Waals surface area contributed by atoms with Crippen LogP contribution in [-0.4, -0.2) is 70.2 Å². The largest absolute Gasteiger partial charge is 0.370 e. The normalized spacial score (nSPS) is 29.2. The van der Waals surface area contributed by atoms with Crippen LogP contribution in [0, 0.1) is 11.8 Å². The summed E-state index contributed by atoms with van der Waals surface area (Å²) in [6.45, 7) is 4.04. The molecule has 4 saturated heterocycles. The van der Waals surface area contributed by atoms with Crippen LogP contribution in [0.2, 0.25) is 0 Å². The number of anilines is 1. The molecule has 0 N–H and O–H groups in total. The SMILES string of the molecule is O=C(Cn1ncc(N2CCCC2)cc1=O)N1CC2CC(C1)[C@@H]1CCCC(=O)N1C2. The number of nitrogens with zero attached hydrogens (tertiary/aromatic N) is 5. The van der Waals surface area contributed by atoms with Gasteiger partial charge in [0, 0.05) is 51.3 Å². The average molecular weight is 399 g/mol. The molecule has 0 aromatic carbocycles. The predicted octanol–water partition coefficient (Wildman–Crippen LogP) is 0.703. The number of rotatable bonds is 3. The molecule has 8 nitrogen and oxygen atoms in total. The second kappa shape index (κ2) is 7.46. The van der Waals surface area contributed by atoms with Crippen molar-refractivity contribution in [2.45, 2.75) is 51.1 Å². The Kier molecular flexibility index (Phi) is 4.80. The summed E-state index contributed by atoms with van der Waals surface area (Å²) in [7, 11) is 0. The lowest BCUT2D eigenvalue weighted by Crippen LogP contribution is -2.61. The molecule has 1 aromatic rings. The summed E-state index contributed by atoms with van der Waals surface area (Å²) in [5.41, 5.74) is 0.634. The molecule has 2 amide bonds. The first-order valence-corrected chi connectivity index (χ1v) is 11.0. The van der Waals surface area contributed by atoms with Crippen molar-refractivity contribution in [1.82, 2.24) is 19.6 Å². The van der Waals surface area contributed by atoms with Crippen LogP contribution < -0.4 is 10.5 Å². The fourth-order valence-corrected chi connectivity index (χ4v) is 5.73. The van der Waals surface area contributed by atoms with Crippen LogP contribution in [0.15, 0.2) is 17.1 Å². The summed E-state index contributed by atoms with van der Waals surface area (Å²) < 4.78 is 1.28. The van der Waals surface area contributed by atoms with E-state index in [1.54, 1.807) is 12.3 Å². The highest BCUT2D eigenvalue weighted by atomic mass is 16.2. The number of fused-ring (bicyclic) bond motifs is 4. The second-order valence-electron chi connectivity index (χ2n) is 9.07. The zero-order valence-electron chi connectivity index (χ0n) is 16.8. The summed E-state index contributed by atoms with van der Waals surface area (Å²) in [5.74, 6) is 0.944. The summed E-state index contributed by atoms with van der Waals surface area (Å²) in [4.78, 5) is 43.9. The molecule has 0 aliphatic carbocycles. The highest BCUT2D eigenvalue weighted by Crippen LogP contribution is 2.37. The maximum Gasteiger partial charge on any atom is 0.269 e. The minimum atomic E-state index is -0.219. The van der Waals surface area contributed by atoms with Crippen LogP contribution in [0.1, 0.15) is 38.5 Å². The Labute approximate surface area is 170 Å². The minimum absolute atomic E-state index is 0.00807. The van der Waals surface area contributed by atoms with E-state index in [2.05, 4.69) is 14.9 Å². The molecule has 8 heteroatoms. The van der Waals surface area contributed by atoms with Gasteiger partial charge in [-0.1, -0.05) is 0 Å². The monoisotopic (exact) mass is 399 g/mol. The van der Waals surface area contributed by atoms with Gasteiger partial charge in [-0.2, -0.15) is 5.10 Å². The number of carbonyl (C=O) groups excluding carboxylic acids is 2. The molecule has 29 heavy (non-hydrogen) atoms. The van der Waals surface area contributed by atoms with E-state index < -0.39 is 0 Å². The first-order chi connectivity index (χ1) is 14.1. The number of piperidine rings is 3. The van der Waals surface area contributed by atoms with E-state index in [0.29, 0.717) is 31.3 Å². The lowest BCUT2D eigenvalue weighted by Gasteiger charge is -2.52. The summed E-state index contributed by atoms with van der Waals surface area (Å²) in [6.07, 6.45) is 7.76. The van der Waals surface area contributed by atoms with E-state index in [9.17, 15) is 14.4 Å². The van der Waals surface area contributed by atoms with Crippen molar-refractivity contribution in [2.24, 2.45) is 11.8 Å². The molecule has 1 aromatic heterocycles. The summed E-state index contributed by atoms with van der Waals surface area (Å²) in [6, 6.07) is 1.88. The van der Waals surface area contributed by atoms with Crippen molar-refractivity contribution < 1.29 is 9.59 Å². The fraction of sp³-hybridized carbons (Fsp3) is 0.714. The fourth-order valence-electron chi connectivity index (χ4n) is 5.73. The Morgan fingerprint density at radius 2 is 1.93 bits per heavy atom. The van der Waals surface area contributed by atoms with Crippen molar-refractivity contribution in [3.8, 4) is 0 Å². The highest BCUT2D eigenvalue weighted by molar-refractivity contribution is 5.78. The van der Waals surface area contributed by atoms with Gasteiger partial charge < -0.3 is 14.7 Å². The quantitative estimate of drug-likeness (QED) is 0.748. The van der Waals surface area contributed by atoms with Gasteiger partial charge in [-0.25, -0.2) is 4.68 Å².